The van der Waals surface area contributed by atoms with Crippen molar-refractivity contribution in [3.05, 3.63) is 76.2 Å². The Morgan fingerprint density at radius 3 is 2.82 bits per heavy atom. The van der Waals surface area contributed by atoms with E-state index in [9.17, 15) is 18.4 Å². The fourth-order valence-electron chi connectivity index (χ4n) is 4.51. The summed E-state index contributed by atoms with van der Waals surface area (Å²) < 4.78 is 34.5. The minimum absolute atomic E-state index is 0.0901. The van der Waals surface area contributed by atoms with Gasteiger partial charge in [0.2, 0.25) is 0 Å². The Morgan fingerprint density at radius 2 is 2.09 bits per heavy atom. The third-order valence-electron chi connectivity index (χ3n) is 6.05. The Kier molecular flexibility index (Phi) is 5.29. The molecule has 33 heavy (non-hydrogen) atoms. The smallest absolute Gasteiger partial charge is 0.284 e. The van der Waals surface area contributed by atoms with Crippen LogP contribution in [0.2, 0.25) is 0 Å². The van der Waals surface area contributed by atoms with Gasteiger partial charge in [0.05, 0.1) is 18.5 Å². The zero-order valence-electron chi connectivity index (χ0n) is 17.7. The SMILES string of the molecule is COc1cccc(F)c1-n1nccc(C(=O)Nc2cc(F)ccc2N2C[C@H]3C[C@@H]2CN3)c1=O. The van der Waals surface area contributed by atoms with E-state index in [1.165, 1.54) is 43.6 Å². The molecular formula is C23H21F2N5O3. The van der Waals surface area contributed by atoms with E-state index in [0.717, 1.165) is 30.3 Å². The molecule has 8 nitrogen and oxygen atoms in total. The van der Waals surface area contributed by atoms with Crippen molar-refractivity contribution < 1.29 is 18.3 Å². The van der Waals surface area contributed by atoms with Gasteiger partial charge in [0.25, 0.3) is 11.5 Å². The summed E-state index contributed by atoms with van der Waals surface area (Å²) in [7, 11) is 1.34. The predicted octanol–water partition coefficient (Wildman–Crippen LogP) is 2.32. The van der Waals surface area contributed by atoms with Gasteiger partial charge >= 0.3 is 0 Å². The first kappa shape index (κ1) is 21.1. The number of methoxy groups -OCH3 is 1. The van der Waals surface area contributed by atoms with Gasteiger partial charge in [0.15, 0.2) is 5.82 Å². The lowest BCUT2D eigenvalue weighted by Gasteiger charge is -2.31. The second-order valence-corrected chi connectivity index (χ2v) is 8.02. The summed E-state index contributed by atoms with van der Waals surface area (Å²) in [5, 5.41) is 9.98. The molecule has 0 saturated carbocycles. The number of anilines is 2. The number of nitrogens with one attached hydrogen (secondary N) is 2. The lowest BCUT2D eigenvalue weighted by molar-refractivity contribution is 0.102. The number of piperazine rings is 1. The van der Waals surface area contributed by atoms with Crippen molar-refractivity contribution in [2.45, 2.75) is 18.5 Å². The second-order valence-electron chi connectivity index (χ2n) is 8.02. The average molecular weight is 453 g/mol. The van der Waals surface area contributed by atoms with Gasteiger partial charge in [-0.05, 0) is 42.8 Å². The molecule has 0 radical (unpaired) electrons. The largest absolute Gasteiger partial charge is 0.494 e. The highest BCUT2D eigenvalue weighted by molar-refractivity contribution is 6.05. The number of ether oxygens (including phenoxy) is 1. The number of para-hydroxylation sites is 1. The first-order valence-corrected chi connectivity index (χ1v) is 10.5. The fourth-order valence-corrected chi connectivity index (χ4v) is 4.51. The number of carbonyl (C=O) groups is 1. The Labute approximate surface area is 187 Å². The minimum Gasteiger partial charge on any atom is -0.494 e. The van der Waals surface area contributed by atoms with Gasteiger partial charge in [-0.15, -0.1) is 0 Å². The van der Waals surface area contributed by atoms with Gasteiger partial charge in [0.1, 0.15) is 22.8 Å². The Morgan fingerprint density at radius 1 is 1.24 bits per heavy atom. The number of carbonyl (C=O) groups excluding carboxylic acids is 1. The topological polar surface area (TPSA) is 88.5 Å². The molecule has 2 aliphatic rings. The van der Waals surface area contributed by atoms with E-state index < -0.39 is 23.1 Å². The van der Waals surface area contributed by atoms with Crippen LogP contribution in [0.4, 0.5) is 20.2 Å². The van der Waals surface area contributed by atoms with Crippen LogP contribution in [0.1, 0.15) is 16.8 Å². The highest BCUT2D eigenvalue weighted by Gasteiger charge is 2.38. The maximum atomic E-state index is 14.5. The Bertz CT molecular complexity index is 1300. The minimum atomic E-state index is -0.833. The molecule has 2 aliphatic heterocycles. The quantitative estimate of drug-likeness (QED) is 0.617. The molecule has 0 spiro atoms. The molecule has 0 aliphatic carbocycles. The molecule has 3 heterocycles. The number of fused-ring (bicyclic) bond motifs is 2. The summed E-state index contributed by atoms with van der Waals surface area (Å²) in [6.07, 6.45) is 2.20. The number of hydrogen-bond acceptors (Lipinski definition) is 6. The van der Waals surface area contributed by atoms with Gasteiger partial charge < -0.3 is 20.3 Å². The van der Waals surface area contributed by atoms with E-state index in [1.54, 1.807) is 6.07 Å². The Balaban J connectivity index is 1.50. The van der Waals surface area contributed by atoms with E-state index in [2.05, 4.69) is 20.6 Å². The van der Waals surface area contributed by atoms with Crippen molar-refractivity contribution in [1.82, 2.24) is 15.1 Å². The highest BCUT2D eigenvalue weighted by Crippen LogP contribution is 2.35. The van der Waals surface area contributed by atoms with Gasteiger partial charge in [-0.2, -0.15) is 9.78 Å². The predicted molar refractivity (Wildman–Crippen MR) is 118 cm³/mol. The lowest BCUT2D eigenvalue weighted by Crippen LogP contribution is -2.44. The molecule has 1 aromatic heterocycles. The molecule has 2 atom stereocenters. The van der Waals surface area contributed by atoms with Gasteiger partial charge in [0, 0.05) is 31.4 Å². The van der Waals surface area contributed by atoms with Crippen molar-refractivity contribution in [1.29, 1.82) is 0 Å². The van der Waals surface area contributed by atoms with Crippen LogP contribution in [0.25, 0.3) is 5.69 Å². The zero-order chi connectivity index (χ0) is 23.1. The number of nitrogens with zero attached hydrogens (tertiary/aromatic N) is 3. The number of rotatable bonds is 5. The van der Waals surface area contributed by atoms with E-state index in [-0.39, 0.29) is 28.7 Å². The summed E-state index contributed by atoms with van der Waals surface area (Å²) in [6, 6.07) is 10.1. The van der Waals surface area contributed by atoms with Gasteiger partial charge in [-0.25, -0.2) is 8.78 Å². The first-order valence-electron chi connectivity index (χ1n) is 10.5. The van der Waals surface area contributed by atoms with Crippen molar-refractivity contribution in [3.8, 4) is 11.4 Å². The Hall–Kier alpha value is -3.79. The van der Waals surface area contributed by atoms with Crippen LogP contribution in [0.5, 0.6) is 5.75 Å². The van der Waals surface area contributed by atoms with Crippen LogP contribution in [-0.2, 0) is 0 Å². The maximum absolute atomic E-state index is 14.5. The third-order valence-corrected chi connectivity index (χ3v) is 6.05. The van der Waals surface area contributed by atoms with Crippen LogP contribution >= 0.6 is 0 Å². The summed E-state index contributed by atoms with van der Waals surface area (Å²) in [5.74, 6) is -1.90. The summed E-state index contributed by atoms with van der Waals surface area (Å²) >= 11 is 0. The molecule has 10 heteroatoms. The van der Waals surface area contributed by atoms with Crippen LogP contribution in [-0.4, -0.2) is 48.0 Å². The number of benzene rings is 2. The fraction of sp³-hybridized carbons (Fsp3) is 0.261. The van der Waals surface area contributed by atoms with E-state index in [0.29, 0.717) is 11.7 Å². The molecule has 2 fully saturated rings. The summed E-state index contributed by atoms with van der Waals surface area (Å²) in [5.41, 5.74) is -0.356. The van der Waals surface area contributed by atoms with Gasteiger partial charge in [-0.3, -0.25) is 9.59 Å². The molecule has 2 bridgehead atoms. The molecule has 2 N–H and O–H groups in total. The molecule has 2 aromatic carbocycles. The van der Waals surface area contributed by atoms with Crippen molar-refractivity contribution in [2.75, 3.05) is 30.4 Å². The normalized spacial score (nSPS) is 19.1. The number of aromatic nitrogens is 2. The van der Waals surface area contributed by atoms with Crippen molar-refractivity contribution in [2.24, 2.45) is 0 Å². The van der Waals surface area contributed by atoms with Crippen LogP contribution in [0, 0.1) is 11.6 Å². The molecule has 2 saturated heterocycles. The van der Waals surface area contributed by atoms with E-state index in [1.807, 2.05) is 0 Å². The van der Waals surface area contributed by atoms with Crippen molar-refractivity contribution >= 4 is 17.3 Å². The third kappa shape index (κ3) is 3.72. The van der Waals surface area contributed by atoms with Crippen molar-refractivity contribution in [3.63, 3.8) is 0 Å². The number of hydrogen-bond donors (Lipinski definition) is 2. The summed E-state index contributed by atoms with van der Waals surface area (Å²) in [6.45, 7) is 1.56. The standard InChI is InChI=1S/C23H21F2N5O3/c1-33-20-4-2-3-17(25)21(20)30-23(32)16(7-8-27-30)22(31)28-18-9-13(24)5-6-19(18)29-12-14-10-15(29)11-26-14/h2-9,14-15,26H,10-12H2,1H3,(H,28,31)/t14-,15-/m1/s1. The molecule has 170 valence electrons. The average Bonchev–Trinajstić information content (AvgIpc) is 3.43. The second kappa shape index (κ2) is 8.28. The van der Waals surface area contributed by atoms with Crippen LogP contribution < -0.4 is 25.8 Å². The zero-order valence-corrected chi connectivity index (χ0v) is 17.7. The molecular weight excluding hydrogens is 432 g/mol. The first-order chi connectivity index (χ1) is 16.0. The number of halogens is 2. The van der Waals surface area contributed by atoms with Gasteiger partial charge in [-0.1, -0.05) is 6.07 Å². The lowest BCUT2D eigenvalue weighted by atomic mass is 10.2. The monoisotopic (exact) mass is 453 g/mol. The number of amides is 1. The van der Waals surface area contributed by atoms with Crippen LogP contribution in [0.15, 0.2) is 53.5 Å². The molecule has 5 rings (SSSR count). The summed E-state index contributed by atoms with van der Waals surface area (Å²) in [4.78, 5) is 28.3. The molecule has 0 unspecified atom stereocenters. The molecule has 3 aromatic rings. The van der Waals surface area contributed by atoms with E-state index in [4.69, 9.17) is 4.74 Å². The highest BCUT2D eigenvalue weighted by atomic mass is 19.1. The molecule has 1 amide bonds. The van der Waals surface area contributed by atoms with E-state index >= 15 is 0 Å². The van der Waals surface area contributed by atoms with Crippen LogP contribution in [0.3, 0.4) is 0 Å². The maximum Gasteiger partial charge on any atom is 0.284 e.